The quantitative estimate of drug-likeness (QED) is 0.149. The molecule has 204 valence electrons. The first-order valence-corrected chi connectivity index (χ1v) is 13.1. The van der Waals surface area contributed by atoms with Gasteiger partial charge in [0.15, 0.2) is 16.6 Å². The van der Waals surface area contributed by atoms with Gasteiger partial charge in [0, 0.05) is 12.3 Å². The zero-order chi connectivity index (χ0) is 28.6. The van der Waals surface area contributed by atoms with Gasteiger partial charge in [0.2, 0.25) is 0 Å². The summed E-state index contributed by atoms with van der Waals surface area (Å²) in [7, 11) is -2.42. The van der Waals surface area contributed by atoms with Gasteiger partial charge in [0.05, 0.1) is 30.9 Å². The highest BCUT2D eigenvalue weighted by atomic mass is 32.2. The Hall–Kier alpha value is -4.51. The normalized spacial score (nSPS) is 11.4. The van der Waals surface area contributed by atoms with Crippen molar-refractivity contribution in [2.75, 3.05) is 14.2 Å². The molecule has 2 aromatic carbocycles. The third-order valence-corrected chi connectivity index (χ3v) is 6.66. The number of hydrogen-bond acceptors (Lipinski definition) is 10. The van der Waals surface area contributed by atoms with Crippen LogP contribution in [-0.4, -0.2) is 45.3 Å². The Kier molecular flexibility index (Phi) is 9.56. The number of ether oxygens (including phenoxy) is 3. The van der Waals surface area contributed by atoms with Crippen LogP contribution in [0.25, 0.3) is 5.57 Å². The second kappa shape index (κ2) is 12.8. The van der Waals surface area contributed by atoms with Crippen molar-refractivity contribution < 1.29 is 41.2 Å². The van der Waals surface area contributed by atoms with Gasteiger partial charge in [-0.15, -0.1) is 0 Å². The van der Waals surface area contributed by atoms with Gasteiger partial charge in [-0.2, -0.15) is 8.42 Å². The summed E-state index contributed by atoms with van der Waals surface area (Å²) in [5.41, 5.74) is 0.367. The lowest BCUT2D eigenvalue weighted by molar-refractivity contribution is -0.136. The summed E-state index contributed by atoms with van der Waals surface area (Å²) in [6, 6.07) is 14.7. The molecule has 0 aliphatic heterocycles. The van der Waals surface area contributed by atoms with Gasteiger partial charge in [-0.05, 0) is 42.7 Å². The molecule has 0 bridgehead atoms. The summed E-state index contributed by atoms with van der Waals surface area (Å²) >= 11 is 0. The fourth-order valence-electron chi connectivity index (χ4n) is 3.62. The van der Waals surface area contributed by atoms with Crippen LogP contribution in [0.3, 0.4) is 0 Å². The first-order chi connectivity index (χ1) is 18.6. The summed E-state index contributed by atoms with van der Waals surface area (Å²) < 4.78 is 47.7. The highest BCUT2D eigenvalue weighted by Gasteiger charge is 2.33. The van der Waals surface area contributed by atoms with E-state index in [1.54, 1.807) is 6.92 Å². The molecule has 3 rings (SSSR count). The van der Waals surface area contributed by atoms with E-state index in [4.69, 9.17) is 18.4 Å². The lowest BCUT2D eigenvalue weighted by Gasteiger charge is -2.22. The van der Waals surface area contributed by atoms with Gasteiger partial charge in [-0.1, -0.05) is 43.3 Å². The number of ketones is 1. The van der Waals surface area contributed by atoms with Crippen molar-refractivity contribution in [2.24, 2.45) is 0 Å². The molecule has 0 atom stereocenters. The molecule has 0 saturated carbocycles. The number of benzene rings is 2. The van der Waals surface area contributed by atoms with E-state index < -0.39 is 44.2 Å². The predicted molar refractivity (Wildman–Crippen MR) is 141 cm³/mol. The van der Waals surface area contributed by atoms with Crippen molar-refractivity contribution in [3.05, 3.63) is 89.1 Å². The number of aryl methyl sites for hydroxylation is 1. The summed E-state index contributed by atoms with van der Waals surface area (Å²) in [6.07, 6.45) is 2.39. The van der Waals surface area contributed by atoms with Gasteiger partial charge in [-0.25, -0.2) is 14.6 Å². The monoisotopic (exact) mass is 553 g/mol. The number of hydrogen-bond donors (Lipinski definition) is 0. The molecule has 0 aliphatic rings. The van der Waals surface area contributed by atoms with Crippen LogP contribution in [0.2, 0.25) is 0 Å². The lowest BCUT2D eigenvalue weighted by atomic mass is 9.93. The lowest BCUT2D eigenvalue weighted by Crippen LogP contribution is -2.18. The first-order valence-electron chi connectivity index (χ1n) is 11.7. The van der Waals surface area contributed by atoms with Crippen molar-refractivity contribution in [2.45, 2.75) is 31.9 Å². The largest absolute Gasteiger partial charge is 0.488 e. The number of carbonyl (C=O) groups is 3. The van der Waals surface area contributed by atoms with E-state index in [0.29, 0.717) is 12.0 Å². The van der Waals surface area contributed by atoms with E-state index in [0.717, 1.165) is 25.9 Å². The average molecular weight is 554 g/mol. The Bertz CT molecular complexity index is 1500. The smallest absolute Gasteiger partial charge is 0.356 e. The number of methoxy groups -OCH3 is 2. The average Bonchev–Trinajstić information content (AvgIpc) is 2.95. The van der Waals surface area contributed by atoms with Gasteiger partial charge >= 0.3 is 22.1 Å². The standard InChI is InChI=1S/C28H27NO9S/c1-5-20-15-21(18(2)30)27(38-39(33,34)23-13-9-10-14-29-23)25(22(28(32)36-4)16-24(31)35-3)26(20)37-17-19-11-7-6-8-12-19/h6-16H,5,17H2,1-4H3/b22-16-. The predicted octanol–water partition coefficient (Wildman–Crippen LogP) is 3.92. The molecule has 3 aromatic rings. The first kappa shape index (κ1) is 29.1. The van der Waals surface area contributed by atoms with Gasteiger partial charge in [-0.3, -0.25) is 4.79 Å². The second-order valence-electron chi connectivity index (χ2n) is 8.08. The Morgan fingerprint density at radius 2 is 1.64 bits per heavy atom. The van der Waals surface area contributed by atoms with E-state index >= 15 is 0 Å². The van der Waals surface area contributed by atoms with Crippen LogP contribution >= 0.6 is 0 Å². The topological polar surface area (TPSA) is 135 Å². The van der Waals surface area contributed by atoms with Crippen LogP contribution in [-0.2, 0) is 42.2 Å². The zero-order valence-electron chi connectivity index (χ0n) is 21.8. The minimum absolute atomic E-state index is 0.0133. The number of Topliss-reactive ketones (excluding diaryl/α,β-unsaturated/α-hetero) is 1. The van der Waals surface area contributed by atoms with Crippen molar-refractivity contribution in [3.8, 4) is 11.5 Å². The number of esters is 2. The molecule has 1 heterocycles. The number of aromatic nitrogens is 1. The van der Waals surface area contributed by atoms with Crippen molar-refractivity contribution >= 4 is 33.4 Å². The molecule has 0 aliphatic carbocycles. The van der Waals surface area contributed by atoms with Crippen molar-refractivity contribution in [1.29, 1.82) is 0 Å². The van der Waals surface area contributed by atoms with Crippen LogP contribution in [0.15, 0.2) is 71.9 Å². The van der Waals surface area contributed by atoms with Crippen molar-refractivity contribution in [1.82, 2.24) is 4.98 Å². The molecule has 0 fully saturated rings. The fraction of sp³-hybridized carbons (Fsp3) is 0.214. The molecule has 0 N–H and O–H groups in total. The van der Waals surface area contributed by atoms with E-state index in [2.05, 4.69) is 4.98 Å². The summed E-state index contributed by atoms with van der Waals surface area (Å²) in [6.45, 7) is 3.01. The molecule has 0 amide bonds. The summed E-state index contributed by atoms with van der Waals surface area (Å²) in [5, 5.41) is -0.437. The summed E-state index contributed by atoms with van der Waals surface area (Å²) in [5.74, 6) is -3.01. The minimum Gasteiger partial charge on any atom is -0.488 e. The van der Waals surface area contributed by atoms with E-state index in [9.17, 15) is 22.8 Å². The molecule has 11 heteroatoms. The molecule has 10 nitrogen and oxygen atoms in total. The van der Waals surface area contributed by atoms with Crippen LogP contribution in [0, 0.1) is 0 Å². The van der Waals surface area contributed by atoms with Crippen LogP contribution in [0.4, 0.5) is 0 Å². The van der Waals surface area contributed by atoms with E-state index in [-0.39, 0.29) is 23.5 Å². The highest BCUT2D eigenvalue weighted by molar-refractivity contribution is 7.87. The molecule has 39 heavy (non-hydrogen) atoms. The Morgan fingerprint density at radius 3 is 2.21 bits per heavy atom. The van der Waals surface area contributed by atoms with E-state index in [1.165, 1.54) is 37.4 Å². The van der Waals surface area contributed by atoms with Crippen molar-refractivity contribution in [3.63, 3.8) is 0 Å². The number of pyridine rings is 1. The molecule has 0 spiro atoms. The molecular weight excluding hydrogens is 526 g/mol. The molecule has 1 aromatic heterocycles. The molecule has 0 radical (unpaired) electrons. The molecule has 0 unspecified atom stereocenters. The van der Waals surface area contributed by atoms with Gasteiger partial charge in [0.1, 0.15) is 12.4 Å². The maximum atomic E-state index is 13.3. The van der Waals surface area contributed by atoms with Crippen LogP contribution in [0.5, 0.6) is 11.5 Å². The minimum atomic E-state index is -4.61. The maximum Gasteiger partial charge on any atom is 0.356 e. The number of nitrogens with zero attached hydrogens (tertiary/aromatic N) is 1. The SMILES string of the molecule is CCc1cc(C(C)=O)c(OS(=O)(=O)c2ccccn2)c(/C(=C/C(=O)OC)C(=O)OC)c1OCc1ccccc1. The third-order valence-electron chi connectivity index (χ3n) is 5.52. The van der Waals surface area contributed by atoms with Gasteiger partial charge in [0.25, 0.3) is 0 Å². The number of rotatable bonds is 11. The second-order valence-corrected chi connectivity index (χ2v) is 9.57. The fourth-order valence-corrected chi connectivity index (χ4v) is 4.53. The third kappa shape index (κ3) is 6.88. The van der Waals surface area contributed by atoms with Crippen LogP contribution < -0.4 is 8.92 Å². The van der Waals surface area contributed by atoms with E-state index in [1.807, 2.05) is 30.3 Å². The Balaban J connectivity index is 2.40. The van der Waals surface area contributed by atoms with Gasteiger partial charge < -0.3 is 18.4 Å². The number of carbonyl (C=O) groups excluding carboxylic acids is 3. The highest BCUT2D eigenvalue weighted by Crippen LogP contribution is 2.43. The summed E-state index contributed by atoms with van der Waals surface area (Å²) in [4.78, 5) is 41.9. The maximum absolute atomic E-state index is 13.3. The molecule has 0 saturated heterocycles. The molecular formula is C28H27NO9S. The van der Waals surface area contributed by atoms with Crippen LogP contribution in [0.1, 0.15) is 40.9 Å². The Morgan fingerprint density at radius 1 is 0.949 bits per heavy atom. The zero-order valence-corrected chi connectivity index (χ0v) is 22.6. The Labute approximate surface area is 226 Å².